The van der Waals surface area contributed by atoms with Crippen LogP contribution in [0.5, 0.6) is 0 Å². The maximum atomic E-state index is 12.9. The Labute approximate surface area is 148 Å². The van der Waals surface area contributed by atoms with E-state index in [1.54, 1.807) is 0 Å². The van der Waals surface area contributed by atoms with Gasteiger partial charge in [0.15, 0.2) is 0 Å². The molecular formula is C21H25NO3. The number of hydrogen-bond donors (Lipinski definition) is 2. The molecule has 0 aromatic heterocycles. The van der Waals surface area contributed by atoms with E-state index in [0.717, 1.165) is 11.1 Å². The Morgan fingerprint density at radius 1 is 0.920 bits per heavy atom. The quantitative estimate of drug-likeness (QED) is 0.768. The number of aliphatic carboxylic acids is 1. The van der Waals surface area contributed by atoms with Crippen LogP contribution >= 0.6 is 0 Å². The van der Waals surface area contributed by atoms with Crippen LogP contribution in [0.15, 0.2) is 60.7 Å². The number of rotatable bonds is 8. The molecule has 0 bridgehead atoms. The third-order valence-electron chi connectivity index (χ3n) is 4.94. The molecule has 0 saturated carbocycles. The molecule has 0 aliphatic rings. The molecular weight excluding hydrogens is 314 g/mol. The van der Waals surface area contributed by atoms with E-state index in [2.05, 4.69) is 5.32 Å². The van der Waals surface area contributed by atoms with E-state index >= 15 is 0 Å². The van der Waals surface area contributed by atoms with Gasteiger partial charge in [0.2, 0.25) is 5.91 Å². The smallest absolute Gasteiger partial charge is 0.311 e. The van der Waals surface area contributed by atoms with Gasteiger partial charge in [-0.05, 0) is 24.0 Å². The number of amides is 1. The fraction of sp³-hybridized carbons (Fsp3) is 0.333. The van der Waals surface area contributed by atoms with Crippen LogP contribution < -0.4 is 5.32 Å². The van der Waals surface area contributed by atoms with E-state index in [4.69, 9.17) is 0 Å². The highest BCUT2D eigenvalue weighted by atomic mass is 16.4. The summed E-state index contributed by atoms with van der Waals surface area (Å²) in [4.78, 5) is 24.6. The minimum atomic E-state index is -0.923. The Hall–Kier alpha value is -2.62. The number of carboxylic acid groups (broad SMARTS) is 1. The first kappa shape index (κ1) is 18.7. The van der Waals surface area contributed by atoms with Crippen LogP contribution in [-0.4, -0.2) is 23.5 Å². The van der Waals surface area contributed by atoms with Crippen molar-refractivity contribution >= 4 is 11.9 Å². The molecule has 0 fully saturated rings. The Morgan fingerprint density at radius 2 is 1.36 bits per heavy atom. The van der Waals surface area contributed by atoms with Crippen molar-refractivity contribution in [3.8, 4) is 0 Å². The van der Waals surface area contributed by atoms with Gasteiger partial charge in [-0.2, -0.15) is 0 Å². The zero-order chi connectivity index (χ0) is 18.3. The summed E-state index contributed by atoms with van der Waals surface area (Å²) in [6.45, 7) is 3.82. The molecule has 0 aliphatic heterocycles. The van der Waals surface area contributed by atoms with E-state index in [9.17, 15) is 14.7 Å². The molecule has 2 aromatic rings. The van der Waals surface area contributed by atoms with Crippen LogP contribution in [0.3, 0.4) is 0 Å². The minimum Gasteiger partial charge on any atom is -0.481 e. The lowest BCUT2D eigenvalue weighted by Crippen LogP contribution is -2.43. The second-order valence-electron chi connectivity index (χ2n) is 6.26. The van der Waals surface area contributed by atoms with Gasteiger partial charge in [-0.25, -0.2) is 0 Å². The second-order valence-corrected chi connectivity index (χ2v) is 6.26. The molecule has 2 N–H and O–H groups in total. The molecule has 25 heavy (non-hydrogen) atoms. The summed E-state index contributed by atoms with van der Waals surface area (Å²) in [6.07, 6.45) is 0.945. The van der Waals surface area contributed by atoms with E-state index in [0.29, 0.717) is 12.8 Å². The predicted octanol–water partition coefficient (Wildman–Crippen LogP) is 3.83. The number of nitrogens with one attached hydrogen (secondary N) is 1. The topological polar surface area (TPSA) is 66.4 Å². The molecule has 4 heteroatoms. The first-order valence-electron chi connectivity index (χ1n) is 8.65. The summed E-state index contributed by atoms with van der Waals surface area (Å²) in [5, 5.41) is 12.4. The van der Waals surface area contributed by atoms with Gasteiger partial charge in [-0.1, -0.05) is 74.5 Å². The first-order chi connectivity index (χ1) is 12.0. The third kappa shape index (κ3) is 4.27. The molecule has 0 aliphatic carbocycles. The van der Waals surface area contributed by atoms with Crippen LogP contribution in [0, 0.1) is 5.41 Å². The van der Waals surface area contributed by atoms with Crippen molar-refractivity contribution in [2.75, 3.05) is 6.54 Å². The van der Waals surface area contributed by atoms with Gasteiger partial charge < -0.3 is 10.4 Å². The minimum absolute atomic E-state index is 0.129. The van der Waals surface area contributed by atoms with Crippen molar-refractivity contribution in [2.24, 2.45) is 5.41 Å². The van der Waals surface area contributed by atoms with E-state index in [1.165, 1.54) is 0 Å². The maximum Gasteiger partial charge on any atom is 0.311 e. The van der Waals surface area contributed by atoms with Crippen molar-refractivity contribution in [1.82, 2.24) is 5.32 Å². The zero-order valence-corrected chi connectivity index (χ0v) is 14.7. The largest absolute Gasteiger partial charge is 0.481 e. The van der Waals surface area contributed by atoms with E-state index in [1.807, 2.05) is 74.5 Å². The fourth-order valence-electron chi connectivity index (χ4n) is 3.02. The van der Waals surface area contributed by atoms with Gasteiger partial charge >= 0.3 is 5.97 Å². The molecule has 0 atom stereocenters. The molecule has 0 spiro atoms. The average molecular weight is 339 g/mol. The Balaban J connectivity index is 2.27. The molecule has 1 amide bonds. The molecule has 0 unspecified atom stereocenters. The lowest BCUT2D eigenvalue weighted by molar-refractivity contribution is -0.149. The van der Waals surface area contributed by atoms with Crippen molar-refractivity contribution in [1.29, 1.82) is 0 Å². The van der Waals surface area contributed by atoms with Crippen molar-refractivity contribution in [3.05, 3.63) is 71.8 Å². The van der Waals surface area contributed by atoms with Gasteiger partial charge in [0.05, 0.1) is 11.3 Å². The maximum absolute atomic E-state index is 12.9. The summed E-state index contributed by atoms with van der Waals surface area (Å²) >= 11 is 0. The lowest BCUT2D eigenvalue weighted by Gasteiger charge is -2.28. The first-order valence-corrected chi connectivity index (χ1v) is 8.65. The number of benzene rings is 2. The normalized spacial score (nSPS) is 11.3. The fourth-order valence-corrected chi connectivity index (χ4v) is 3.02. The Bertz CT molecular complexity index is 654. The summed E-state index contributed by atoms with van der Waals surface area (Å²) < 4.78 is 0. The average Bonchev–Trinajstić information content (AvgIpc) is 2.65. The summed E-state index contributed by atoms with van der Waals surface area (Å²) in [5.74, 6) is -1.50. The number of carbonyl (C=O) groups is 2. The predicted molar refractivity (Wildman–Crippen MR) is 98.4 cm³/mol. The van der Waals surface area contributed by atoms with Gasteiger partial charge in [-0.15, -0.1) is 0 Å². The van der Waals surface area contributed by atoms with Crippen molar-refractivity contribution in [3.63, 3.8) is 0 Å². The molecule has 0 heterocycles. The molecule has 4 nitrogen and oxygen atoms in total. The van der Waals surface area contributed by atoms with Gasteiger partial charge in [0.25, 0.3) is 0 Å². The SMILES string of the molecule is CCC(CC)(CNC(=O)C(c1ccccc1)c1ccccc1)C(=O)O. The van der Waals surface area contributed by atoms with E-state index in [-0.39, 0.29) is 12.5 Å². The Morgan fingerprint density at radius 3 is 1.72 bits per heavy atom. The van der Waals surface area contributed by atoms with Gasteiger partial charge in [0.1, 0.15) is 0 Å². The van der Waals surface area contributed by atoms with Crippen molar-refractivity contribution in [2.45, 2.75) is 32.6 Å². The second kappa shape index (κ2) is 8.47. The molecule has 132 valence electrons. The summed E-state index contributed by atoms with van der Waals surface area (Å²) in [5.41, 5.74) is 0.855. The molecule has 0 saturated heterocycles. The van der Waals surface area contributed by atoms with Gasteiger partial charge in [0, 0.05) is 6.54 Å². The number of carboxylic acids is 1. The lowest BCUT2D eigenvalue weighted by atomic mass is 9.82. The van der Waals surface area contributed by atoms with Crippen LogP contribution in [0.4, 0.5) is 0 Å². The highest BCUT2D eigenvalue weighted by Gasteiger charge is 2.36. The zero-order valence-electron chi connectivity index (χ0n) is 14.7. The number of carbonyl (C=O) groups excluding carboxylic acids is 1. The summed E-state index contributed by atoms with van der Waals surface area (Å²) in [7, 11) is 0. The highest BCUT2D eigenvalue weighted by Crippen LogP contribution is 2.28. The molecule has 2 rings (SSSR count). The summed E-state index contributed by atoms with van der Waals surface area (Å²) in [6, 6.07) is 19.1. The van der Waals surface area contributed by atoms with Crippen LogP contribution in [0.1, 0.15) is 43.7 Å². The van der Waals surface area contributed by atoms with Crippen molar-refractivity contribution < 1.29 is 14.7 Å². The number of hydrogen-bond acceptors (Lipinski definition) is 2. The van der Waals surface area contributed by atoms with Gasteiger partial charge in [-0.3, -0.25) is 9.59 Å². The Kier molecular flexibility index (Phi) is 6.34. The third-order valence-corrected chi connectivity index (χ3v) is 4.94. The standard InChI is InChI=1S/C21H25NO3/c1-3-21(4-2,20(24)25)15-22-19(23)18(16-11-7-5-8-12-16)17-13-9-6-10-14-17/h5-14,18H,3-4,15H2,1-2H3,(H,22,23)(H,24,25). The van der Waals surface area contributed by atoms with E-state index < -0.39 is 17.3 Å². The highest BCUT2D eigenvalue weighted by molar-refractivity contribution is 5.87. The molecule has 0 radical (unpaired) electrons. The van der Waals surface area contributed by atoms with Crippen LogP contribution in [-0.2, 0) is 9.59 Å². The van der Waals surface area contributed by atoms with Crippen LogP contribution in [0.25, 0.3) is 0 Å². The molecule has 2 aromatic carbocycles. The monoisotopic (exact) mass is 339 g/mol. The van der Waals surface area contributed by atoms with Crippen LogP contribution in [0.2, 0.25) is 0 Å².